The third-order valence-corrected chi connectivity index (χ3v) is 12.9. The molecule has 0 aliphatic heterocycles. The van der Waals surface area contributed by atoms with Crippen molar-refractivity contribution in [2.75, 3.05) is 0 Å². The van der Waals surface area contributed by atoms with E-state index >= 15 is 0 Å². The van der Waals surface area contributed by atoms with Gasteiger partial charge in [0.05, 0.1) is 21.4 Å². The summed E-state index contributed by atoms with van der Waals surface area (Å²) >= 11 is 0. The van der Waals surface area contributed by atoms with Crippen LogP contribution in [0.2, 0.25) is 0 Å². The number of fused-ring (bicyclic) bond motifs is 2. The number of nitrogens with zero attached hydrogens (tertiary/aromatic N) is 1. The largest absolute Gasteiger partial charge is 0.282 e. The van der Waals surface area contributed by atoms with E-state index in [9.17, 15) is 16.8 Å². The van der Waals surface area contributed by atoms with Crippen LogP contribution in [-0.4, -0.2) is 22.5 Å². The van der Waals surface area contributed by atoms with Crippen LogP contribution >= 0.6 is 0 Å². The quantitative estimate of drug-likeness (QED) is 0.106. The van der Waals surface area contributed by atoms with Crippen LogP contribution in [0.3, 0.4) is 0 Å². The maximum Gasteiger partial charge on any atom is 0.282 e. The molecular formula is C46H46N2O4S2. The Kier molecular flexibility index (Phi) is 11.1. The number of aryl methyl sites for hydroxylation is 2. The van der Waals surface area contributed by atoms with Crippen molar-refractivity contribution < 1.29 is 16.8 Å². The van der Waals surface area contributed by atoms with Gasteiger partial charge in [0.2, 0.25) is 0 Å². The Balaban J connectivity index is 1.37. The van der Waals surface area contributed by atoms with Crippen LogP contribution in [0.25, 0.3) is 27.1 Å². The molecule has 0 radical (unpaired) electrons. The van der Waals surface area contributed by atoms with Crippen LogP contribution in [0.1, 0.15) is 80.5 Å². The lowest BCUT2D eigenvalue weighted by atomic mass is 9.73. The fourth-order valence-corrected chi connectivity index (χ4v) is 9.48. The Labute approximate surface area is 319 Å². The first-order valence-corrected chi connectivity index (χ1v) is 21.9. The van der Waals surface area contributed by atoms with E-state index in [0.29, 0.717) is 22.5 Å². The standard InChI is InChI=1S/C46H46N2O4S2/c1-3-5-7-13-33-19-23-37(24-20-33)43-45(47-53(49,50)41-29-27-35-15-9-11-17-39(35)31-41)44(38-25-21-34(22-26-38)14-8-6-4-2)46(43)48-54(51,52)42-30-28-36-16-10-12-18-40(36)32-42/h9-12,15-32,43,47H,3-8,13-14H2,1-2H3/b48-46+. The molecule has 8 heteroatoms. The van der Waals surface area contributed by atoms with E-state index in [4.69, 9.17) is 0 Å². The molecule has 6 aromatic rings. The van der Waals surface area contributed by atoms with Crippen LogP contribution in [0.15, 0.2) is 153 Å². The van der Waals surface area contributed by atoms with Gasteiger partial charge in [-0.05, 0) is 93.7 Å². The molecule has 0 saturated heterocycles. The number of rotatable bonds is 15. The highest BCUT2D eigenvalue weighted by molar-refractivity contribution is 7.90. The lowest BCUT2D eigenvalue weighted by molar-refractivity contribution is 0.587. The molecule has 7 rings (SSSR count). The zero-order valence-electron chi connectivity index (χ0n) is 30.8. The highest BCUT2D eigenvalue weighted by Crippen LogP contribution is 2.46. The molecule has 6 nitrogen and oxygen atoms in total. The molecule has 1 N–H and O–H groups in total. The van der Waals surface area contributed by atoms with E-state index in [-0.39, 0.29) is 9.79 Å². The first kappa shape index (κ1) is 37.3. The Hall–Kier alpha value is -5.05. The molecule has 1 atom stereocenters. The van der Waals surface area contributed by atoms with Crippen molar-refractivity contribution in [1.29, 1.82) is 0 Å². The molecule has 6 aromatic carbocycles. The van der Waals surface area contributed by atoms with E-state index in [1.54, 1.807) is 36.4 Å². The van der Waals surface area contributed by atoms with E-state index in [2.05, 4.69) is 35.1 Å². The Morgan fingerprint density at radius 3 is 1.61 bits per heavy atom. The summed E-state index contributed by atoms with van der Waals surface area (Å²) in [5, 5.41) is 3.46. The van der Waals surface area contributed by atoms with Gasteiger partial charge in [0.25, 0.3) is 20.0 Å². The smallest absolute Gasteiger partial charge is 0.282 e. The number of sulfonamides is 2. The van der Waals surface area contributed by atoms with Gasteiger partial charge < -0.3 is 0 Å². The highest BCUT2D eigenvalue weighted by atomic mass is 32.2. The third kappa shape index (κ3) is 8.05. The summed E-state index contributed by atoms with van der Waals surface area (Å²) in [5.41, 5.74) is 4.98. The van der Waals surface area contributed by atoms with Crippen molar-refractivity contribution in [3.63, 3.8) is 0 Å². The SMILES string of the molecule is CCCCCc1ccc(C2=C(NS(=O)(=O)c3ccc4ccccc4c3)C(c3ccc(CCCCC)cc3)/C2=N\S(=O)(=O)c2ccc3ccccc3c2)cc1. The summed E-state index contributed by atoms with van der Waals surface area (Å²) in [5.74, 6) is -0.737. The van der Waals surface area contributed by atoms with Crippen molar-refractivity contribution in [3.05, 3.63) is 161 Å². The van der Waals surface area contributed by atoms with Gasteiger partial charge in [-0.15, -0.1) is 0 Å². The van der Waals surface area contributed by atoms with Crippen LogP contribution in [-0.2, 0) is 32.9 Å². The first-order valence-electron chi connectivity index (χ1n) is 18.9. The van der Waals surface area contributed by atoms with Crippen molar-refractivity contribution in [2.45, 2.75) is 80.9 Å². The zero-order chi connectivity index (χ0) is 37.7. The van der Waals surface area contributed by atoms with Gasteiger partial charge in [0.15, 0.2) is 0 Å². The van der Waals surface area contributed by atoms with Gasteiger partial charge in [0.1, 0.15) is 0 Å². The van der Waals surface area contributed by atoms with Gasteiger partial charge in [0, 0.05) is 11.3 Å². The Bertz CT molecular complexity index is 2570. The molecular weight excluding hydrogens is 709 g/mol. The molecule has 1 unspecified atom stereocenters. The van der Waals surface area contributed by atoms with Gasteiger partial charge in [-0.3, -0.25) is 4.72 Å². The van der Waals surface area contributed by atoms with Crippen molar-refractivity contribution in [2.24, 2.45) is 4.40 Å². The summed E-state index contributed by atoms with van der Waals surface area (Å²) < 4.78 is 64.5. The molecule has 0 amide bonds. The topological polar surface area (TPSA) is 92.7 Å². The van der Waals surface area contributed by atoms with Crippen molar-refractivity contribution >= 4 is 52.9 Å². The number of unbranched alkanes of at least 4 members (excludes halogenated alkanes) is 4. The summed E-state index contributed by atoms with van der Waals surface area (Å²) in [7, 11) is -8.30. The normalized spacial score (nSPS) is 15.5. The highest BCUT2D eigenvalue weighted by Gasteiger charge is 2.42. The predicted octanol–water partition coefficient (Wildman–Crippen LogP) is 10.8. The maximum atomic E-state index is 14.3. The first-order chi connectivity index (χ1) is 26.2. The summed E-state index contributed by atoms with van der Waals surface area (Å²) in [4.78, 5) is 0.202. The van der Waals surface area contributed by atoms with Gasteiger partial charge in [-0.1, -0.05) is 149 Å². The molecule has 0 heterocycles. The molecule has 0 spiro atoms. The Morgan fingerprint density at radius 1 is 0.556 bits per heavy atom. The number of nitrogens with one attached hydrogen (secondary N) is 1. The molecule has 0 saturated carbocycles. The second kappa shape index (κ2) is 16.1. The van der Waals surface area contributed by atoms with Crippen molar-refractivity contribution in [3.8, 4) is 0 Å². The monoisotopic (exact) mass is 754 g/mol. The maximum absolute atomic E-state index is 14.3. The number of benzene rings is 6. The molecule has 0 bridgehead atoms. The van der Waals surface area contributed by atoms with E-state index in [0.717, 1.165) is 78.5 Å². The van der Waals surface area contributed by atoms with Crippen LogP contribution < -0.4 is 4.72 Å². The minimum absolute atomic E-state index is 0.0783. The number of hydrogen-bond acceptors (Lipinski definition) is 4. The lowest BCUT2D eigenvalue weighted by Gasteiger charge is -2.36. The summed E-state index contributed by atoms with van der Waals surface area (Å²) in [6.45, 7) is 4.35. The molecule has 0 fully saturated rings. The van der Waals surface area contributed by atoms with Crippen LogP contribution in [0.5, 0.6) is 0 Å². The fraction of sp³-hybridized carbons (Fsp3) is 0.239. The van der Waals surface area contributed by atoms with E-state index < -0.39 is 26.0 Å². The second-order valence-electron chi connectivity index (χ2n) is 14.1. The molecule has 0 aromatic heterocycles. The van der Waals surface area contributed by atoms with Gasteiger partial charge >= 0.3 is 0 Å². The molecule has 1 aliphatic rings. The zero-order valence-corrected chi connectivity index (χ0v) is 32.5. The summed E-state index contributed by atoms with van der Waals surface area (Å²) in [6.07, 6.45) is 8.53. The predicted molar refractivity (Wildman–Crippen MR) is 222 cm³/mol. The van der Waals surface area contributed by atoms with Crippen LogP contribution in [0.4, 0.5) is 0 Å². The number of allylic oxidation sites excluding steroid dienone is 2. The third-order valence-electron chi connectivity index (χ3n) is 10.3. The second-order valence-corrected chi connectivity index (χ2v) is 17.4. The minimum Gasteiger partial charge on any atom is -0.282 e. The average Bonchev–Trinajstić information content (AvgIpc) is 3.18. The number of hydrogen-bond donors (Lipinski definition) is 1. The van der Waals surface area contributed by atoms with Crippen molar-refractivity contribution in [1.82, 2.24) is 4.72 Å². The molecule has 1 aliphatic carbocycles. The summed E-state index contributed by atoms with van der Waals surface area (Å²) in [6, 6.07) is 41.4. The Morgan fingerprint density at radius 2 is 1.06 bits per heavy atom. The average molecular weight is 755 g/mol. The molecule has 54 heavy (non-hydrogen) atoms. The van der Waals surface area contributed by atoms with Gasteiger partial charge in [-0.2, -0.15) is 12.8 Å². The molecule has 276 valence electrons. The fourth-order valence-electron chi connectivity index (χ4n) is 7.24. The van der Waals surface area contributed by atoms with Gasteiger partial charge in [-0.25, -0.2) is 8.42 Å². The van der Waals surface area contributed by atoms with E-state index in [1.807, 2.05) is 84.9 Å². The minimum atomic E-state index is -4.21. The van der Waals surface area contributed by atoms with Crippen LogP contribution in [0, 0.1) is 0 Å². The van der Waals surface area contributed by atoms with E-state index in [1.165, 1.54) is 11.1 Å². The lowest BCUT2D eigenvalue weighted by Crippen LogP contribution is -2.39.